The molecule has 3 N–H and O–H groups in total. The van der Waals surface area contributed by atoms with Crippen molar-refractivity contribution in [3.63, 3.8) is 0 Å². The van der Waals surface area contributed by atoms with Crippen LogP contribution in [0.4, 0.5) is 0 Å². The number of unbranched alkanes of at least 4 members (excludes halogenated alkanes) is 11. The van der Waals surface area contributed by atoms with Crippen LogP contribution in [0.15, 0.2) is 0 Å². The second-order valence-corrected chi connectivity index (χ2v) is 10.7. The van der Waals surface area contributed by atoms with Crippen LogP contribution in [0.25, 0.3) is 0 Å². The predicted molar refractivity (Wildman–Crippen MR) is 145 cm³/mol. The number of esters is 1. The second-order valence-electron chi connectivity index (χ2n) is 10.7. The number of carboxylic acids is 1. The van der Waals surface area contributed by atoms with E-state index in [-0.39, 0.29) is 12.3 Å². The molecule has 0 spiro atoms. The van der Waals surface area contributed by atoms with Gasteiger partial charge in [-0.3, -0.25) is 9.59 Å². The van der Waals surface area contributed by atoms with Crippen molar-refractivity contribution in [3.8, 4) is 0 Å². The van der Waals surface area contributed by atoms with Gasteiger partial charge in [-0.1, -0.05) is 105 Å². The minimum Gasteiger partial charge on any atom is -0.481 e. The molecule has 0 aromatic carbocycles. The smallest absolute Gasteiger partial charge is 0.328 e. The normalized spacial score (nSPS) is 14.7. The van der Waals surface area contributed by atoms with E-state index in [2.05, 4.69) is 19.2 Å². The molecule has 36 heavy (non-hydrogen) atoms. The number of amides is 1. The van der Waals surface area contributed by atoms with Crippen LogP contribution in [0, 0.1) is 11.8 Å². The van der Waals surface area contributed by atoms with Gasteiger partial charge in [-0.05, 0) is 31.6 Å². The predicted octanol–water partition coefficient (Wildman–Crippen LogP) is 6.40. The molecule has 4 atom stereocenters. The molecule has 0 saturated carbocycles. The van der Waals surface area contributed by atoms with E-state index < -0.39 is 36.1 Å². The number of carboxylic acid groups (broad SMARTS) is 1. The average molecular weight is 514 g/mol. The highest BCUT2D eigenvalue weighted by molar-refractivity contribution is 5.78. The molecule has 1 amide bonds. The Bertz CT molecular complexity index is 568. The molecule has 0 bridgehead atoms. The number of ether oxygens (including phenoxy) is 1. The summed E-state index contributed by atoms with van der Waals surface area (Å²) in [5, 5.41) is 23.0. The standard InChI is InChI=1S/C29H55NO6/c1-5-7-9-11-12-13-14-15-16-18-24(36-29(35)26(30-22-31)20-23(3)4)21-27(32)25(28(33)34)19-17-10-8-6-2/h22-27,32H,5-21H2,1-4H3,(H,30,31)(H,33,34)/t24-,25-,26?,27-/m0/s1. The Morgan fingerprint density at radius 3 is 1.81 bits per heavy atom. The summed E-state index contributed by atoms with van der Waals surface area (Å²) in [5.74, 6) is -2.20. The first-order chi connectivity index (χ1) is 17.3. The SMILES string of the molecule is CCCCCCCCCCC[C@@H](C[C@H](O)[C@H](CCCCCC)C(=O)O)OC(=O)C(CC(C)C)NC=O. The molecule has 212 valence electrons. The van der Waals surface area contributed by atoms with Gasteiger partial charge in [0, 0.05) is 6.42 Å². The fourth-order valence-electron chi connectivity index (χ4n) is 4.64. The van der Waals surface area contributed by atoms with E-state index >= 15 is 0 Å². The summed E-state index contributed by atoms with van der Waals surface area (Å²) in [6.45, 7) is 8.24. The Hall–Kier alpha value is -1.63. The van der Waals surface area contributed by atoms with Crippen molar-refractivity contribution in [1.29, 1.82) is 0 Å². The molecule has 0 fully saturated rings. The third-order valence-electron chi connectivity index (χ3n) is 6.83. The highest BCUT2D eigenvalue weighted by atomic mass is 16.5. The summed E-state index contributed by atoms with van der Waals surface area (Å²) in [7, 11) is 0. The molecule has 0 rings (SSSR count). The number of aliphatic hydroxyl groups is 1. The van der Waals surface area contributed by atoms with Gasteiger partial charge in [-0.2, -0.15) is 0 Å². The Balaban J connectivity index is 4.99. The van der Waals surface area contributed by atoms with Crippen molar-refractivity contribution in [2.24, 2.45) is 11.8 Å². The van der Waals surface area contributed by atoms with Crippen LogP contribution in [0.3, 0.4) is 0 Å². The number of aliphatic carboxylic acids is 1. The van der Waals surface area contributed by atoms with Crippen LogP contribution in [-0.4, -0.2) is 46.8 Å². The zero-order chi connectivity index (χ0) is 27.2. The van der Waals surface area contributed by atoms with Gasteiger partial charge in [0.15, 0.2) is 0 Å². The number of nitrogens with one attached hydrogen (secondary N) is 1. The molecule has 0 aliphatic rings. The first-order valence-electron chi connectivity index (χ1n) is 14.6. The molecule has 1 unspecified atom stereocenters. The van der Waals surface area contributed by atoms with Crippen LogP contribution in [0.5, 0.6) is 0 Å². The van der Waals surface area contributed by atoms with Crippen molar-refractivity contribution in [2.75, 3.05) is 0 Å². The lowest BCUT2D eigenvalue weighted by Crippen LogP contribution is -2.41. The summed E-state index contributed by atoms with van der Waals surface area (Å²) in [6.07, 6.45) is 14.7. The van der Waals surface area contributed by atoms with Crippen molar-refractivity contribution < 1.29 is 29.3 Å². The Morgan fingerprint density at radius 1 is 0.806 bits per heavy atom. The number of rotatable bonds is 25. The van der Waals surface area contributed by atoms with E-state index in [1.807, 2.05) is 13.8 Å². The van der Waals surface area contributed by atoms with Crippen LogP contribution in [0.2, 0.25) is 0 Å². The molecule has 0 heterocycles. The van der Waals surface area contributed by atoms with E-state index in [1.165, 1.54) is 38.5 Å². The fourth-order valence-corrected chi connectivity index (χ4v) is 4.64. The summed E-state index contributed by atoms with van der Waals surface area (Å²) >= 11 is 0. The number of hydrogen-bond donors (Lipinski definition) is 3. The molecular formula is C29H55NO6. The maximum atomic E-state index is 12.8. The highest BCUT2D eigenvalue weighted by Crippen LogP contribution is 2.23. The monoisotopic (exact) mass is 513 g/mol. The fraction of sp³-hybridized carbons (Fsp3) is 0.897. The lowest BCUT2D eigenvalue weighted by atomic mass is 9.90. The first-order valence-corrected chi connectivity index (χ1v) is 14.6. The van der Waals surface area contributed by atoms with Gasteiger partial charge >= 0.3 is 11.9 Å². The maximum absolute atomic E-state index is 12.8. The molecule has 0 aromatic rings. The summed E-state index contributed by atoms with van der Waals surface area (Å²) in [5.41, 5.74) is 0. The Kier molecular flexibility index (Phi) is 21.5. The first kappa shape index (κ1) is 34.4. The Morgan fingerprint density at radius 2 is 1.31 bits per heavy atom. The maximum Gasteiger partial charge on any atom is 0.328 e. The molecule has 0 saturated heterocycles. The molecule has 0 aliphatic heterocycles. The molecule has 0 aromatic heterocycles. The lowest BCUT2D eigenvalue weighted by Gasteiger charge is -2.26. The van der Waals surface area contributed by atoms with Crippen molar-refractivity contribution in [3.05, 3.63) is 0 Å². The van der Waals surface area contributed by atoms with E-state index in [9.17, 15) is 24.6 Å². The molecular weight excluding hydrogens is 458 g/mol. The molecule has 7 heteroatoms. The highest BCUT2D eigenvalue weighted by Gasteiger charge is 2.31. The van der Waals surface area contributed by atoms with E-state index in [0.717, 1.165) is 44.9 Å². The summed E-state index contributed by atoms with van der Waals surface area (Å²) in [4.78, 5) is 35.7. The third-order valence-corrected chi connectivity index (χ3v) is 6.83. The number of aliphatic hydroxyl groups excluding tert-OH is 1. The van der Waals surface area contributed by atoms with Gasteiger partial charge in [-0.15, -0.1) is 0 Å². The number of carbonyl (C=O) groups is 3. The zero-order valence-electron chi connectivity index (χ0n) is 23.5. The quantitative estimate of drug-likeness (QED) is 0.0739. The van der Waals surface area contributed by atoms with Crippen LogP contribution in [-0.2, 0) is 19.1 Å². The lowest BCUT2D eigenvalue weighted by molar-refractivity contribution is -0.156. The van der Waals surface area contributed by atoms with Gasteiger partial charge in [0.1, 0.15) is 12.1 Å². The van der Waals surface area contributed by atoms with Crippen molar-refractivity contribution in [2.45, 2.75) is 155 Å². The van der Waals surface area contributed by atoms with Crippen LogP contribution in [0.1, 0.15) is 137 Å². The van der Waals surface area contributed by atoms with Crippen molar-refractivity contribution in [1.82, 2.24) is 5.32 Å². The van der Waals surface area contributed by atoms with Crippen LogP contribution < -0.4 is 5.32 Å². The summed E-state index contributed by atoms with van der Waals surface area (Å²) in [6, 6.07) is -0.741. The van der Waals surface area contributed by atoms with Crippen molar-refractivity contribution >= 4 is 18.3 Å². The average Bonchev–Trinajstić information content (AvgIpc) is 2.81. The van der Waals surface area contributed by atoms with Crippen LogP contribution >= 0.6 is 0 Å². The minimum atomic E-state index is -1.08. The zero-order valence-corrected chi connectivity index (χ0v) is 23.5. The van der Waals surface area contributed by atoms with Gasteiger partial charge < -0.3 is 20.3 Å². The number of carbonyl (C=O) groups excluding carboxylic acids is 2. The molecule has 7 nitrogen and oxygen atoms in total. The summed E-state index contributed by atoms with van der Waals surface area (Å²) < 4.78 is 5.77. The molecule has 0 radical (unpaired) electrons. The van der Waals surface area contributed by atoms with E-state index in [4.69, 9.17) is 4.74 Å². The van der Waals surface area contributed by atoms with E-state index in [1.54, 1.807) is 0 Å². The Labute approximate surface area is 220 Å². The number of hydrogen-bond acceptors (Lipinski definition) is 5. The topological polar surface area (TPSA) is 113 Å². The van der Waals surface area contributed by atoms with Gasteiger partial charge in [0.2, 0.25) is 6.41 Å². The third kappa shape index (κ3) is 17.7. The molecule has 0 aliphatic carbocycles. The minimum absolute atomic E-state index is 0.100. The van der Waals surface area contributed by atoms with Gasteiger partial charge in [-0.25, -0.2) is 4.79 Å². The van der Waals surface area contributed by atoms with E-state index in [0.29, 0.717) is 25.7 Å². The van der Waals surface area contributed by atoms with Gasteiger partial charge in [0.05, 0.1) is 12.0 Å². The van der Waals surface area contributed by atoms with Gasteiger partial charge in [0.25, 0.3) is 0 Å². The largest absolute Gasteiger partial charge is 0.481 e. The second kappa shape index (κ2) is 22.6.